The van der Waals surface area contributed by atoms with E-state index in [9.17, 15) is 24.3 Å². The molecular weight excluding hydrogens is 416 g/mol. The van der Waals surface area contributed by atoms with E-state index in [0.29, 0.717) is 29.5 Å². The van der Waals surface area contributed by atoms with Crippen LogP contribution in [0.2, 0.25) is 0 Å². The van der Waals surface area contributed by atoms with Crippen LogP contribution in [-0.4, -0.2) is 47.3 Å². The number of rotatable bonds is 2. The summed E-state index contributed by atoms with van der Waals surface area (Å²) in [7, 11) is 0. The number of benzene rings is 3. The van der Waals surface area contributed by atoms with E-state index in [1.165, 1.54) is 6.07 Å². The van der Waals surface area contributed by atoms with E-state index in [1.54, 1.807) is 42.5 Å². The Balaban J connectivity index is 0.000000158. The predicted octanol–water partition coefficient (Wildman–Crippen LogP) is 3.35. The number of carbonyl (C=O) groups excluding carboxylic acids is 2. The SMILES string of the molecule is O=C(O)c1ccc2c3c(C(=O)O)c(cc2c1)CC3.O=C1OCCOC(=O)c2ccc1cc2. The van der Waals surface area contributed by atoms with Crippen molar-refractivity contribution in [2.45, 2.75) is 12.8 Å². The summed E-state index contributed by atoms with van der Waals surface area (Å²) < 4.78 is 9.66. The summed E-state index contributed by atoms with van der Waals surface area (Å²) in [6.07, 6.45) is 1.43. The molecule has 0 radical (unpaired) electrons. The summed E-state index contributed by atoms with van der Waals surface area (Å²) in [5, 5.41) is 19.8. The first kappa shape index (κ1) is 21.0. The molecule has 0 aromatic heterocycles. The van der Waals surface area contributed by atoms with Crippen LogP contribution in [0, 0.1) is 0 Å². The Labute approximate surface area is 182 Å². The number of carbonyl (C=O) groups is 4. The predicted molar refractivity (Wildman–Crippen MR) is 112 cm³/mol. The fourth-order valence-corrected chi connectivity index (χ4v) is 3.84. The molecule has 8 heteroatoms. The molecule has 3 aromatic carbocycles. The van der Waals surface area contributed by atoms with Gasteiger partial charge in [-0.1, -0.05) is 12.1 Å². The molecule has 32 heavy (non-hydrogen) atoms. The number of esters is 2. The molecule has 162 valence electrons. The summed E-state index contributed by atoms with van der Waals surface area (Å²) in [6, 6.07) is 12.8. The van der Waals surface area contributed by atoms with Gasteiger partial charge in [-0.05, 0) is 71.1 Å². The van der Waals surface area contributed by atoms with Gasteiger partial charge in [0, 0.05) is 0 Å². The van der Waals surface area contributed by atoms with Crippen LogP contribution >= 0.6 is 0 Å². The van der Waals surface area contributed by atoms with Gasteiger partial charge in [0.05, 0.1) is 22.3 Å². The third kappa shape index (κ3) is 4.02. The molecule has 6 rings (SSSR count). The fraction of sp³-hybridized carbons (Fsp3) is 0.167. The molecule has 0 atom stereocenters. The second kappa shape index (κ2) is 8.50. The highest BCUT2D eigenvalue weighted by atomic mass is 16.6. The van der Waals surface area contributed by atoms with E-state index in [-0.39, 0.29) is 18.8 Å². The van der Waals surface area contributed by atoms with Crippen molar-refractivity contribution in [2.75, 3.05) is 13.2 Å². The van der Waals surface area contributed by atoms with Gasteiger partial charge in [-0.3, -0.25) is 0 Å². The monoisotopic (exact) mass is 434 g/mol. The zero-order valence-corrected chi connectivity index (χ0v) is 16.8. The highest BCUT2D eigenvalue weighted by Crippen LogP contribution is 2.33. The molecule has 0 fully saturated rings. The molecule has 2 aliphatic heterocycles. The van der Waals surface area contributed by atoms with E-state index in [2.05, 4.69) is 0 Å². The Kier molecular flexibility index (Phi) is 5.59. The molecule has 2 heterocycles. The minimum absolute atomic E-state index is 0.100. The van der Waals surface area contributed by atoms with E-state index in [0.717, 1.165) is 21.9 Å². The number of ether oxygens (including phenoxy) is 2. The highest BCUT2D eigenvalue weighted by molar-refractivity contribution is 6.03. The van der Waals surface area contributed by atoms with Gasteiger partial charge in [0.1, 0.15) is 13.2 Å². The van der Waals surface area contributed by atoms with Crippen molar-refractivity contribution in [1.82, 2.24) is 0 Å². The minimum atomic E-state index is -0.971. The number of carboxylic acid groups (broad SMARTS) is 2. The maximum Gasteiger partial charge on any atom is 0.338 e. The van der Waals surface area contributed by atoms with Crippen LogP contribution in [0.4, 0.5) is 0 Å². The molecular formula is C24H18O8. The van der Waals surface area contributed by atoms with Gasteiger partial charge in [-0.15, -0.1) is 0 Å². The number of fused-ring (bicyclic) bond motifs is 11. The van der Waals surface area contributed by atoms with E-state index in [1.807, 2.05) is 0 Å². The number of hydrogen-bond donors (Lipinski definition) is 2. The molecule has 0 unspecified atom stereocenters. The summed E-state index contributed by atoms with van der Waals surface area (Å²) in [5.74, 6) is -2.66. The molecule has 4 bridgehead atoms. The van der Waals surface area contributed by atoms with E-state index >= 15 is 0 Å². The zero-order chi connectivity index (χ0) is 22.8. The highest BCUT2D eigenvalue weighted by Gasteiger charge is 2.24. The lowest BCUT2D eigenvalue weighted by Gasteiger charge is -2.09. The van der Waals surface area contributed by atoms with Crippen molar-refractivity contribution in [1.29, 1.82) is 0 Å². The lowest BCUT2D eigenvalue weighted by atomic mass is 9.98. The first-order chi connectivity index (χ1) is 15.3. The van der Waals surface area contributed by atoms with Crippen molar-refractivity contribution in [3.8, 4) is 0 Å². The summed E-state index contributed by atoms with van der Waals surface area (Å²) in [5.41, 5.74) is 3.14. The molecule has 8 nitrogen and oxygen atoms in total. The van der Waals surface area contributed by atoms with Crippen LogP contribution in [-0.2, 0) is 22.3 Å². The maximum atomic E-state index is 11.3. The average molecular weight is 434 g/mol. The molecule has 2 N–H and O–H groups in total. The first-order valence-corrected chi connectivity index (χ1v) is 9.84. The van der Waals surface area contributed by atoms with E-state index in [4.69, 9.17) is 14.6 Å². The van der Waals surface area contributed by atoms with E-state index < -0.39 is 23.9 Å². The Morgan fingerprint density at radius 1 is 0.750 bits per heavy atom. The van der Waals surface area contributed by atoms with Gasteiger partial charge < -0.3 is 19.7 Å². The van der Waals surface area contributed by atoms with Crippen molar-refractivity contribution in [3.05, 3.63) is 81.9 Å². The molecule has 1 aliphatic carbocycles. The first-order valence-electron chi connectivity index (χ1n) is 9.84. The maximum absolute atomic E-state index is 11.3. The Morgan fingerprint density at radius 3 is 1.88 bits per heavy atom. The van der Waals surface area contributed by atoms with Crippen LogP contribution < -0.4 is 0 Å². The minimum Gasteiger partial charge on any atom is -0.478 e. The molecule has 0 saturated carbocycles. The summed E-state index contributed by atoms with van der Waals surface area (Å²) in [6.45, 7) is 0.200. The smallest absolute Gasteiger partial charge is 0.338 e. The Morgan fingerprint density at radius 2 is 1.34 bits per heavy atom. The van der Waals surface area contributed by atoms with Crippen LogP contribution in [0.5, 0.6) is 0 Å². The van der Waals surface area contributed by atoms with Crippen LogP contribution in [0.3, 0.4) is 0 Å². The average Bonchev–Trinajstić information content (AvgIpc) is 3.11. The third-order valence-electron chi connectivity index (χ3n) is 5.34. The van der Waals surface area contributed by atoms with Gasteiger partial charge in [0.25, 0.3) is 0 Å². The fourth-order valence-electron chi connectivity index (χ4n) is 3.84. The second-order valence-corrected chi connectivity index (χ2v) is 7.28. The Bertz CT molecular complexity index is 1220. The van der Waals surface area contributed by atoms with Crippen molar-refractivity contribution in [3.63, 3.8) is 0 Å². The van der Waals surface area contributed by atoms with Gasteiger partial charge in [-0.25, -0.2) is 19.2 Å². The van der Waals surface area contributed by atoms with Crippen molar-refractivity contribution in [2.24, 2.45) is 0 Å². The zero-order valence-electron chi connectivity index (χ0n) is 16.8. The quantitative estimate of drug-likeness (QED) is 0.588. The largest absolute Gasteiger partial charge is 0.478 e. The number of carboxylic acids is 2. The third-order valence-corrected chi connectivity index (χ3v) is 5.34. The molecule has 3 aliphatic rings. The molecule has 0 spiro atoms. The van der Waals surface area contributed by atoms with Crippen LogP contribution in [0.1, 0.15) is 52.6 Å². The topological polar surface area (TPSA) is 127 Å². The Hall–Kier alpha value is -4.20. The standard InChI is InChI=1S/C14H10O4.C10H8O4/c15-13(16)8-2-3-10-9(6-8)5-7-1-4-11(10)12(7)14(17)18;11-9-7-1-2-8(4-3-7)10(12)14-6-5-13-9/h2-3,5-6H,1,4H2,(H,15,16)(H,17,18);1-4H,5-6H2. The van der Waals surface area contributed by atoms with Crippen LogP contribution in [0.25, 0.3) is 10.8 Å². The molecule has 3 aromatic rings. The number of aryl methyl sites for hydroxylation is 2. The number of aromatic carboxylic acids is 2. The van der Waals surface area contributed by atoms with Crippen molar-refractivity contribution < 1.29 is 38.9 Å². The molecule has 0 saturated heterocycles. The van der Waals surface area contributed by atoms with Crippen molar-refractivity contribution >= 4 is 34.6 Å². The van der Waals surface area contributed by atoms with Gasteiger partial charge in [-0.2, -0.15) is 0 Å². The van der Waals surface area contributed by atoms with Gasteiger partial charge in [0.15, 0.2) is 0 Å². The number of hydrogen-bond acceptors (Lipinski definition) is 6. The van der Waals surface area contributed by atoms with Gasteiger partial charge in [0.2, 0.25) is 0 Å². The lowest BCUT2D eigenvalue weighted by Crippen LogP contribution is -2.16. The lowest BCUT2D eigenvalue weighted by molar-refractivity contribution is 0.0260. The van der Waals surface area contributed by atoms with Crippen LogP contribution in [0.15, 0.2) is 48.5 Å². The molecule has 0 amide bonds. The summed E-state index contributed by atoms with van der Waals surface area (Å²) in [4.78, 5) is 44.6. The summed E-state index contributed by atoms with van der Waals surface area (Å²) >= 11 is 0. The second-order valence-electron chi connectivity index (χ2n) is 7.28. The normalized spacial score (nSPS) is 14.2. The van der Waals surface area contributed by atoms with Gasteiger partial charge >= 0.3 is 23.9 Å².